The molecule has 0 heterocycles. The molecule has 0 amide bonds. The Morgan fingerprint density at radius 1 is 0.175 bits per heavy atom. The third-order valence-electron chi connectivity index (χ3n) is 15.6. The van der Waals surface area contributed by atoms with Crippen LogP contribution >= 0.6 is 0 Å². The summed E-state index contributed by atoms with van der Waals surface area (Å²) in [5.74, 6) is -3.95. The summed E-state index contributed by atoms with van der Waals surface area (Å²) in [7, 11) is 15.1. The fraction of sp³-hybridized carbons (Fsp3) is 0.385. The van der Waals surface area contributed by atoms with Gasteiger partial charge >= 0.3 is 71.6 Å². The Hall–Kier alpha value is -13.4. The molecule has 0 aliphatic heterocycles. The van der Waals surface area contributed by atoms with Gasteiger partial charge in [-0.05, 0) is 72.8 Å². The molecule has 0 aliphatic rings. The van der Waals surface area contributed by atoms with E-state index in [0.717, 1.165) is 0 Å². The van der Waals surface area contributed by atoms with Crippen LogP contribution in [0.4, 0.5) is 34.1 Å². The van der Waals surface area contributed by atoms with Gasteiger partial charge in [-0.15, -0.1) is 0 Å². The van der Waals surface area contributed by atoms with Gasteiger partial charge in [-0.25, -0.2) is 0 Å². The highest BCUT2D eigenvalue weighted by atomic mass is 16.6. The molecular weight excluding hydrogens is 1500 g/mol. The van der Waals surface area contributed by atoms with Crippen molar-refractivity contribution in [1.29, 1.82) is 0 Å². The van der Waals surface area contributed by atoms with Crippen LogP contribution in [0.5, 0.6) is 34.5 Å². The van der Waals surface area contributed by atoms with Crippen molar-refractivity contribution in [1.82, 2.24) is 0 Å². The maximum atomic E-state index is 11.9. The number of para-hydroxylation sites is 12. The Bertz CT molecular complexity index is 3320. The minimum atomic E-state index is -0.535. The number of rotatable bonds is 45. The van der Waals surface area contributed by atoms with Crippen molar-refractivity contribution in [3.05, 3.63) is 146 Å². The van der Waals surface area contributed by atoms with Crippen LogP contribution < -0.4 is 57.8 Å². The number of benzene rings is 6. The fourth-order valence-electron chi connectivity index (χ4n) is 9.95. The molecular formula is C78H96N6O30. The minimum Gasteiger partial charge on any atom is -0.488 e. The van der Waals surface area contributed by atoms with E-state index in [1.807, 2.05) is 0 Å². The smallest absolute Gasteiger partial charge is 0.325 e. The fourth-order valence-corrected chi connectivity index (χ4v) is 9.95. The van der Waals surface area contributed by atoms with Gasteiger partial charge in [0.25, 0.3) is 0 Å². The molecule has 0 bridgehead atoms. The van der Waals surface area contributed by atoms with Crippen LogP contribution in [0.3, 0.4) is 0 Å². The first kappa shape index (κ1) is 92.9. The molecule has 0 saturated heterocycles. The first-order chi connectivity index (χ1) is 55.0. The van der Waals surface area contributed by atoms with Crippen LogP contribution in [0, 0.1) is 0 Å². The number of carbonyl (C=O) groups is 12. The summed E-state index contributed by atoms with van der Waals surface area (Å²) in [6.07, 6.45) is 0. The first-order valence-electron chi connectivity index (χ1n) is 34.6. The summed E-state index contributed by atoms with van der Waals surface area (Å²) in [5, 5.41) is 0. The monoisotopic (exact) mass is 1600 g/mol. The number of hydrogen-bond donors (Lipinski definition) is 0. The summed E-state index contributed by atoms with van der Waals surface area (Å²) < 4.78 is 92.3. The Morgan fingerprint density at radius 2 is 0.272 bits per heavy atom. The lowest BCUT2D eigenvalue weighted by Crippen LogP contribution is -2.36. The molecule has 114 heavy (non-hydrogen) atoms. The molecule has 0 aromatic heterocycles. The Balaban J connectivity index is 0.000000360. The van der Waals surface area contributed by atoms with Crippen molar-refractivity contribution in [3.8, 4) is 34.5 Å². The number of esters is 12. The van der Waals surface area contributed by atoms with E-state index in [4.69, 9.17) is 85.3 Å². The zero-order valence-corrected chi connectivity index (χ0v) is 65.5. The second-order valence-electron chi connectivity index (χ2n) is 22.9. The molecule has 0 spiro atoms. The van der Waals surface area contributed by atoms with E-state index in [1.165, 1.54) is 115 Å². The van der Waals surface area contributed by atoms with Gasteiger partial charge in [0.2, 0.25) is 0 Å². The summed E-state index contributed by atoms with van der Waals surface area (Å²) in [6, 6.07) is 41.4. The molecule has 0 atom stereocenters. The second-order valence-corrected chi connectivity index (χ2v) is 22.9. The molecule has 6 aromatic rings. The lowest BCUT2D eigenvalue weighted by atomic mass is 10.2. The highest BCUT2D eigenvalue weighted by molar-refractivity contribution is 5.87. The number of ether oxygens (including phenoxy) is 18. The van der Waals surface area contributed by atoms with E-state index in [-0.39, 0.29) is 118 Å². The lowest BCUT2D eigenvalue weighted by Gasteiger charge is -2.25. The van der Waals surface area contributed by atoms with Gasteiger partial charge in [-0.2, -0.15) is 0 Å². The molecule has 0 unspecified atom stereocenters. The predicted molar refractivity (Wildman–Crippen MR) is 409 cm³/mol. The minimum absolute atomic E-state index is 0.101. The van der Waals surface area contributed by atoms with Crippen LogP contribution in [0.2, 0.25) is 0 Å². The number of anilines is 6. The predicted octanol–water partition coefficient (Wildman–Crippen LogP) is 4.35. The summed E-state index contributed by atoms with van der Waals surface area (Å²) in [4.78, 5) is 152. The molecule has 6 rings (SSSR count). The summed E-state index contributed by atoms with van der Waals surface area (Å²) in [5.41, 5.74) is 2.95. The van der Waals surface area contributed by atoms with E-state index < -0.39 is 71.6 Å². The van der Waals surface area contributed by atoms with E-state index >= 15 is 0 Å². The standard InChI is InChI=1S/3C26H32N2O10/c3*1-33-23(29)15-27(16-24(30)34-2)19-9-5-7-11-21(19)37-13-14-38-22-12-8-6-10-20(22)28(17-25(31)35-3)18-26(32)36-4/h3*5-12H,13-18H2,1-4H3. The lowest BCUT2D eigenvalue weighted by molar-refractivity contribution is -0.141. The Kier molecular flexibility index (Phi) is 42.3. The average Bonchev–Trinajstić information content (AvgIpc) is 0.869. The van der Waals surface area contributed by atoms with Gasteiger partial charge in [0.05, 0.1) is 119 Å². The SMILES string of the molecule is COC(=O)CN(CC(=O)OC)c1ccccc1OCCOc1ccccc1N(CC(=O)OC)CC(=O)OC.COC(=O)CN(CC(=O)OC)c1ccccc1OCCOc1ccccc1N(CC(=O)OC)CC(=O)OC.COC(=O)CN(CC(=O)OC)c1ccccc1OCCOc1ccccc1N(CC(=O)OC)CC(=O)OC. The molecule has 0 saturated carbocycles. The zero-order chi connectivity index (χ0) is 83.7. The molecule has 36 nitrogen and oxygen atoms in total. The van der Waals surface area contributed by atoms with E-state index in [2.05, 4.69) is 0 Å². The maximum absolute atomic E-state index is 11.9. The van der Waals surface area contributed by atoms with Crippen molar-refractivity contribution >= 4 is 106 Å². The summed E-state index contributed by atoms with van der Waals surface area (Å²) >= 11 is 0. The highest BCUT2D eigenvalue weighted by Gasteiger charge is 2.27. The topological polar surface area (TPSA) is 390 Å². The normalized spacial score (nSPS) is 10.1. The molecule has 0 aliphatic carbocycles. The summed E-state index contributed by atoms with van der Waals surface area (Å²) in [6.45, 7) is -1.66. The zero-order valence-electron chi connectivity index (χ0n) is 65.5. The van der Waals surface area contributed by atoms with Crippen molar-refractivity contribution < 1.29 is 143 Å². The van der Waals surface area contributed by atoms with Crippen LogP contribution in [-0.2, 0) is 114 Å². The number of nitrogens with zero attached hydrogens (tertiary/aromatic N) is 6. The molecule has 6 aromatic carbocycles. The molecule has 0 radical (unpaired) electrons. The Labute approximate surface area is 659 Å². The molecule has 36 heteroatoms. The molecule has 0 N–H and O–H groups in total. The Morgan fingerprint density at radius 3 is 0.368 bits per heavy atom. The number of methoxy groups -OCH3 is 12. The van der Waals surface area contributed by atoms with Crippen LogP contribution in [0.1, 0.15) is 0 Å². The third-order valence-corrected chi connectivity index (χ3v) is 15.6. The van der Waals surface area contributed by atoms with Crippen LogP contribution in [0.25, 0.3) is 0 Å². The van der Waals surface area contributed by atoms with Gasteiger partial charge in [0, 0.05) is 0 Å². The van der Waals surface area contributed by atoms with Crippen LogP contribution in [-0.4, -0.2) is 275 Å². The van der Waals surface area contributed by atoms with E-state index in [9.17, 15) is 57.5 Å². The largest absolute Gasteiger partial charge is 0.488 e. The molecule has 0 fully saturated rings. The van der Waals surface area contributed by atoms with Gasteiger partial charge in [-0.3, -0.25) is 57.5 Å². The van der Waals surface area contributed by atoms with E-state index in [1.54, 1.807) is 146 Å². The van der Waals surface area contributed by atoms with Crippen molar-refractivity contribution in [2.75, 3.05) is 233 Å². The van der Waals surface area contributed by atoms with Crippen LogP contribution in [0.15, 0.2) is 146 Å². The maximum Gasteiger partial charge on any atom is 0.325 e. The van der Waals surface area contributed by atoms with Gasteiger partial charge < -0.3 is 115 Å². The number of hydrogen-bond acceptors (Lipinski definition) is 36. The van der Waals surface area contributed by atoms with Gasteiger partial charge in [0.1, 0.15) is 153 Å². The highest BCUT2D eigenvalue weighted by Crippen LogP contribution is 2.34. The first-order valence-corrected chi connectivity index (χ1v) is 34.6. The van der Waals surface area contributed by atoms with Crippen molar-refractivity contribution in [2.24, 2.45) is 0 Å². The molecule has 618 valence electrons. The average molecular weight is 1600 g/mol. The van der Waals surface area contributed by atoms with Gasteiger partial charge in [-0.1, -0.05) is 72.8 Å². The third kappa shape index (κ3) is 32.6. The van der Waals surface area contributed by atoms with Crippen molar-refractivity contribution in [2.45, 2.75) is 0 Å². The van der Waals surface area contributed by atoms with Gasteiger partial charge in [0.15, 0.2) is 0 Å². The quantitative estimate of drug-likeness (QED) is 0.0291. The van der Waals surface area contributed by atoms with Crippen molar-refractivity contribution in [3.63, 3.8) is 0 Å². The van der Waals surface area contributed by atoms with E-state index in [0.29, 0.717) is 68.6 Å². The second kappa shape index (κ2) is 51.9. The number of carbonyl (C=O) groups excluding carboxylic acids is 12.